The Labute approximate surface area is 115 Å². The average molecular weight is 281 g/mol. The van der Waals surface area contributed by atoms with E-state index >= 15 is 0 Å². The van der Waals surface area contributed by atoms with Gasteiger partial charge in [0.25, 0.3) is 0 Å². The standard InChI is InChI=1S/C12H13ClN4O2/c1-19-8-17-7-11(6-14-17)16-12(18)15-10-4-2-3-9(13)5-10/h2-7H,8H2,1H3,(H2,15,16,18). The summed E-state index contributed by atoms with van der Waals surface area (Å²) in [7, 11) is 1.57. The van der Waals surface area contributed by atoms with Gasteiger partial charge < -0.3 is 15.4 Å². The van der Waals surface area contributed by atoms with Gasteiger partial charge in [-0.3, -0.25) is 0 Å². The number of amides is 2. The number of halogens is 1. The Kier molecular flexibility index (Phi) is 4.38. The van der Waals surface area contributed by atoms with Crippen LogP contribution in [0.15, 0.2) is 36.7 Å². The third kappa shape index (κ3) is 3.97. The second kappa shape index (κ2) is 6.21. The first kappa shape index (κ1) is 13.4. The third-order valence-electron chi connectivity index (χ3n) is 2.23. The average Bonchev–Trinajstić information content (AvgIpc) is 2.77. The summed E-state index contributed by atoms with van der Waals surface area (Å²) in [6.45, 7) is 0.331. The highest BCUT2D eigenvalue weighted by atomic mass is 35.5. The molecule has 6 nitrogen and oxygen atoms in total. The second-order valence-electron chi connectivity index (χ2n) is 3.78. The normalized spacial score (nSPS) is 10.2. The number of aromatic nitrogens is 2. The highest BCUT2D eigenvalue weighted by Crippen LogP contribution is 2.15. The summed E-state index contributed by atoms with van der Waals surface area (Å²) in [5.41, 5.74) is 1.20. The highest BCUT2D eigenvalue weighted by Gasteiger charge is 2.05. The van der Waals surface area contributed by atoms with Crippen LogP contribution in [0, 0.1) is 0 Å². The summed E-state index contributed by atoms with van der Waals surface area (Å²) >= 11 is 5.83. The van der Waals surface area contributed by atoms with Gasteiger partial charge in [-0.05, 0) is 18.2 Å². The molecule has 1 aromatic carbocycles. The minimum Gasteiger partial charge on any atom is -0.362 e. The predicted octanol–water partition coefficient (Wildman–Crippen LogP) is 2.78. The smallest absolute Gasteiger partial charge is 0.323 e. The molecule has 0 bridgehead atoms. The molecule has 0 atom stereocenters. The maximum absolute atomic E-state index is 11.7. The molecule has 0 fully saturated rings. The van der Waals surface area contributed by atoms with Gasteiger partial charge in [0.2, 0.25) is 0 Å². The van der Waals surface area contributed by atoms with E-state index < -0.39 is 0 Å². The lowest BCUT2D eigenvalue weighted by Gasteiger charge is -2.05. The van der Waals surface area contributed by atoms with Gasteiger partial charge in [0.05, 0.1) is 18.1 Å². The first-order valence-corrected chi connectivity index (χ1v) is 5.90. The van der Waals surface area contributed by atoms with Crippen LogP contribution in [-0.2, 0) is 11.5 Å². The number of ether oxygens (including phenoxy) is 1. The van der Waals surface area contributed by atoms with E-state index in [-0.39, 0.29) is 6.03 Å². The van der Waals surface area contributed by atoms with Crippen LogP contribution >= 0.6 is 11.6 Å². The van der Waals surface area contributed by atoms with Gasteiger partial charge in [0.1, 0.15) is 6.73 Å². The van der Waals surface area contributed by atoms with Crippen LogP contribution in [0.3, 0.4) is 0 Å². The lowest BCUT2D eigenvalue weighted by Crippen LogP contribution is -2.19. The van der Waals surface area contributed by atoms with Crippen molar-refractivity contribution in [1.29, 1.82) is 0 Å². The first-order valence-electron chi connectivity index (χ1n) is 5.52. The number of benzene rings is 1. The van der Waals surface area contributed by atoms with Crippen LogP contribution in [0.5, 0.6) is 0 Å². The fourth-order valence-corrected chi connectivity index (χ4v) is 1.68. The van der Waals surface area contributed by atoms with Crippen LogP contribution in [0.25, 0.3) is 0 Å². The van der Waals surface area contributed by atoms with Crippen LogP contribution in [0.4, 0.5) is 16.2 Å². The van der Waals surface area contributed by atoms with E-state index in [0.29, 0.717) is 23.1 Å². The molecule has 1 aromatic heterocycles. The Balaban J connectivity index is 1.93. The van der Waals surface area contributed by atoms with Gasteiger partial charge in [0, 0.05) is 17.8 Å². The number of nitrogens with zero attached hydrogens (tertiary/aromatic N) is 2. The molecular weight excluding hydrogens is 268 g/mol. The van der Waals surface area contributed by atoms with Crippen molar-refractivity contribution >= 4 is 29.0 Å². The molecule has 0 spiro atoms. The van der Waals surface area contributed by atoms with Crippen molar-refractivity contribution in [2.24, 2.45) is 0 Å². The SMILES string of the molecule is COCn1cc(NC(=O)Nc2cccc(Cl)c2)cn1. The molecule has 100 valence electrons. The molecule has 0 saturated carbocycles. The lowest BCUT2D eigenvalue weighted by molar-refractivity contribution is 0.120. The number of carbonyl (C=O) groups excluding carboxylic acids is 1. The Bertz CT molecular complexity index is 570. The zero-order valence-electron chi connectivity index (χ0n) is 10.3. The van der Waals surface area contributed by atoms with E-state index in [2.05, 4.69) is 15.7 Å². The summed E-state index contributed by atoms with van der Waals surface area (Å²) in [4.78, 5) is 11.7. The highest BCUT2D eigenvalue weighted by molar-refractivity contribution is 6.30. The Morgan fingerprint density at radius 3 is 2.95 bits per heavy atom. The van der Waals surface area contributed by atoms with Crippen molar-refractivity contribution in [3.63, 3.8) is 0 Å². The molecule has 0 unspecified atom stereocenters. The molecule has 2 rings (SSSR count). The Hall–Kier alpha value is -2.05. The molecule has 2 N–H and O–H groups in total. The number of hydrogen-bond donors (Lipinski definition) is 2. The van der Waals surface area contributed by atoms with Crippen LogP contribution < -0.4 is 10.6 Å². The molecule has 19 heavy (non-hydrogen) atoms. The zero-order valence-corrected chi connectivity index (χ0v) is 11.0. The van der Waals surface area contributed by atoms with Crippen LogP contribution in [0.2, 0.25) is 5.02 Å². The van der Waals surface area contributed by atoms with Gasteiger partial charge in [-0.1, -0.05) is 17.7 Å². The molecule has 2 amide bonds. The predicted molar refractivity (Wildman–Crippen MR) is 73.3 cm³/mol. The van der Waals surface area contributed by atoms with Crippen molar-refractivity contribution in [3.05, 3.63) is 41.7 Å². The number of urea groups is 1. The molecule has 0 aliphatic carbocycles. The van der Waals surface area contributed by atoms with Crippen LogP contribution in [0.1, 0.15) is 0 Å². The van der Waals surface area contributed by atoms with E-state index in [0.717, 1.165) is 0 Å². The summed E-state index contributed by atoms with van der Waals surface area (Å²) in [6.07, 6.45) is 3.21. The number of nitrogens with one attached hydrogen (secondary N) is 2. The van der Waals surface area contributed by atoms with Gasteiger partial charge in [-0.25, -0.2) is 9.48 Å². The molecule has 1 heterocycles. The number of rotatable bonds is 4. The third-order valence-corrected chi connectivity index (χ3v) is 2.47. The zero-order chi connectivity index (χ0) is 13.7. The summed E-state index contributed by atoms with van der Waals surface area (Å²) < 4.78 is 6.48. The number of hydrogen-bond acceptors (Lipinski definition) is 3. The molecular formula is C12H13ClN4O2. The Morgan fingerprint density at radius 1 is 1.42 bits per heavy atom. The summed E-state index contributed by atoms with van der Waals surface area (Å²) in [5.74, 6) is 0. The minimum atomic E-state index is -0.362. The maximum Gasteiger partial charge on any atom is 0.323 e. The van der Waals surface area contributed by atoms with E-state index in [9.17, 15) is 4.79 Å². The van der Waals surface area contributed by atoms with Gasteiger partial charge >= 0.3 is 6.03 Å². The van der Waals surface area contributed by atoms with Gasteiger partial charge in [0.15, 0.2) is 0 Å². The maximum atomic E-state index is 11.7. The lowest BCUT2D eigenvalue weighted by atomic mass is 10.3. The second-order valence-corrected chi connectivity index (χ2v) is 4.21. The molecule has 0 radical (unpaired) electrons. The van der Waals surface area contributed by atoms with Crippen molar-refractivity contribution in [2.45, 2.75) is 6.73 Å². The molecule has 2 aromatic rings. The molecule has 7 heteroatoms. The largest absolute Gasteiger partial charge is 0.362 e. The van der Waals surface area contributed by atoms with Gasteiger partial charge in [-0.2, -0.15) is 5.10 Å². The van der Waals surface area contributed by atoms with Gasteiger partial charge in [-0.15, -0.1) is 0 Å². The van der Waals surface area contributed by atoms with Crippen molar-refractivity contribution in [1.82, 2.24) is 9.78 Å². The molecule has 0 aliphatic heterocycles. The van der Waals surface area contributed by atoms with Crippen LogP contribution in [-0.4, -0.2) is 22.9 Å². The summed E-state index contributed by atoms with van der Waals surface area (Å²) in [5, 5.41) is 9.90. The first-order chi connectivity index (χ1) is 9.17. The van der Waals surface area contributed by atoms with Crippen molar-refractivity contribution in [2.75, 3.05) is 17.7 Å². The van der Waals surface area contributed by atoms with E-state index in [4.69, 9.17) is 16.3 Å². The number of methoxy groups -OCH3 is 1. The topological polar surface area (TPSA) is 68.2 Å². The minimum absolute atomic E-state index is 0.331. The number of anilines is 2. The van der Waals surface area contributed by atoms with Crippen molar-refractivity contribution < 1.29 is 9.53 Å². The quantitative estimate of drug-likeness (QED) is 0.905. The van der Waals surface area contributed by atoms with E-state index in [1.165, 1.54) is 6.20 Å². The molecule has 0 aliphatic rings. The van der Waals surface area contributed by atoms with E-state index in [1.54, 1.807) is 42.3 Å². The number of carbonyl (C=O) groups is 1. The van der Waals surface area contributed by atoms with E-state index in [1.807, 2.05) is 0 Å². The molecule has 0 saturated heterocycles. The monoisotopic (exact) mass is 280 g/mol. The fraction of sp³-hybridized carbons (Fsp3) is 0.167. The Morgan fingerprint density at radius 2 is 2.21 bits per heavy atom. The fourth-order valence-electron chi connectivity index (χ4n) is 1.49. The summed E-state index contributed by atoms with van der Waals surface area (Å²) in [6, 6.07) is 6.54. The van der Waals surface area contributed by atoms with Crippen molar-refractivity contribution in [3.8, 4) is 0 Å².